The average molecular weight is 296 g/mol. The molecule has 0 bridgehead atoms. The van der Waals surface area contributed by atoms with E-state index in [9.17, 15) is 9.18 Å². The topological polar surface area (TPSA) is 26.3 Å². The lowest BCUT2D eigenvalue weighted by atomic mass is 10.1. The molecule has 1 rings (SSSR count). The van der Waals surface area contributed by atoms with E-state index in [2.05, 4.69) is 20.7 Å². The lowest BCUT2D eigenvalue weighted by Crippen LogP contribution is -2.03. The van der Waals surface area contributed by atoms with Gasteiger partial charge < -0.3 is 4.74 Å². The molecule has 1 aromatic rings. The molecule has 0 amide bonds. The molecule has 1 aromatic carbocycles. The van der Waals surface area contributed by atoms with Gasteiger partial charge in [0.05, 0.1) is 10.4 Å². The van der Waals surface area contributed by atoms with Gasteiger partial charge in [0.1, 0.15) is 11.5 Å². The quantitative estimate of drug-likeness (QED) is 0.780. The molecule has 0 aliphatic heterocycles. The third-order valence-corrected chi connectivity index (χ3v) is 2.69. The van der Waals surface area contributed by atoms with Gasteiger partial charge in [-0.3, -0.25) is 4.79 Å². The van der Waals surface area contributed by atoms with Gasteiger partial charge in [-0.2, -0.15) is 0 Å². The van der Waals surface area contributed by atoms with Crippen molar-refractivity contribution in [3.05, 3.63) is 28.8 Å². The Hall–Kier alpha value is -0.610. The number of rotatable bonds is 5. The zero-order valence-electron chi connectivity index (χ0n) is 7.80. The van der Waals surface area contributed by atoms with Crippen molar-refractivity contribution in [3.8, 4) is 5.75 Å². The largest absolute Gasteiger partial charge is 0.461 e. The van der Waals surface area contributed by atoms with Crippen LogP contribution in [0.15, 0.2) is 18.2 Å². The highest BCUT2D eigenvalue weighted by molar-refractivity contribution is 9.09. The Labute approximate surface area is 101 Å². The Bertz CT molecular complexity index is 357. The number of carbonyl (C=O) groups excluding carboxylic acids is 1. The Morgan fingerprint density at radius 3 is 2.87 bits per heavy atom. The molecule has 0 atom stereocenters. The second kappa shape index (κ2) is 6.08. The highest BCUT2D eigenvalue weighted by Gasteiger charge is 2.06. The molecule has 0 aliphatic rings. The fraction of sp³-hybridized carbons (Fsp3) is 0.300. The maximum atomic E-state index is 12.0. The van der Waals surface area contributed by atoms with Gasteiger partial charge in [-0.15, -0.1) is 0 Å². The molecule has 0 heterocycles. The van der Waals surface area contributed by atoms with Crippen LogP contribution in [0.3, 0.4) is 0 Å². The number of hydrogen-bond acceptors (Lipinski definition) is 2. The number of halogens is 3. The van der Waals surface area contributed by atoms with Gasteiger partial charge in [-0.1, -0.05) is 33.6 Å². The summed E-state index contributed by atoms with van der Waals surface area (Å²) < 4.78 is 16.6. The van der Waals surface area contributed by atoms with Crippen LogP contribution in [0.5, 0.6) is 5.75 Å². The van der Waals surface area contributed by atoms with Crippen molar-refractivity contribution in [3.63, 3.8) is 0 Å². The van der Waals surface area contributed by atoms with E-state index in [1.54, 1.807) is 18.2 Å². The predicted molar refractivity (Wildman–Crippen MR) is 60.6 cm³/mol. The number of alkyl halides is 2. The standard InChI is InChI=1S/C10H9BrClFO2/c11-5-8(14)3-7-1-2-9(12)10(4-7)15-6-13/h1-2,4H,3,5-6H2. The molecule has 0 N–H and O–H groups in total. The van der Waals surface area contributed by atoms with E-state index < -0.39 is 6.86 Å². The van der Waals surface area contributed by atoms with Crippen molar-refractivity contribution >= 4 is 33.3 Å². The number of Topliss-reactive ketones (excluding diaryl/α,β-unsaturated/α-hetero) is 1. The first-order chi connectivity index (χ1) is 7.17. The predicted octanol–water partition coefficient (Wildman–Crippen LogP) is 3.15. The Morgan fingerprint density at radius 2 is 2.27 bits per heavy atom. The molecule has 0 radical (unpaired) electrons. The first-order valence-corrected chi connectivity index (χ1v) is 5.72. The Kier molecular flexibility index (Phi) is 5.05. The SMILES string of the molecule is O=C(CBr)Cc1ccc(Cl)c(OCF)c1. The van der Waals surface area contributed by atoms with Crippen LogP contribution in [0.1, 0.15) is 5.56 Å². The summed E-state index contributed by atoms with van der Waals surface area (Å²) in [5.74, 6) is 0.308. The second-order valence-electron chi connectivity index (χ2n) is 2.87. The van der Waals surface area contributed by atoms with E-state index in [4.69, 9.17) is 11.6 Å². The molecule has 5 heteroatoms. The van der Waals surface area contributed by atoms with E-state index in [0.717, 1.165) is 5.56 Å². The van der Waals surface area contributed by atoms with Crippen molar-refractivity contribution in [2.45, 2.75) is 6.42 Å². The molecule has 15 heavy (non-hydrogen) atoms. The van der Waals surface area contributed by atoms with E-state index >= 15 is 0 Å². The molecule has 2 nitrogen and oxygen atoms in total. The highest BCUT2D eigenvalue weighted by atomic mass is 79.9. The molecular formula is C10H9BrClFO2. The maximum absolute atomic E-state index is 12.0. The maximum Gasteiger partial charge on any atom is 0.228 e. The molecule has 0 fully saturated rings. The minimum absolute atomic E-state index is 0.0449. The summed E-state index contributed by atoms with van der Waals surface area (Å²) >= 11 is 8.83. The van der Waals surface area contributed by atoms with E-state index in [0.29, 0.717) is 10.4 Å². The zero-order valence-corrected chi connectivity index (χ0v) is 10.1. The van der Waals surface area contributed by atoms with Gasteiger partial charge in [0.15, 0.2) is 0 Å². The van der Waals surface area contributed by atoms with Crippen molar-refractivity contribution in [2.75, 3.05) is 12.2 Å². The summed E-state index contributed by atoms with van der Waals surface area (Å²) in [5, 5.41) is 0.636. The number of ether oxygens (including phenoxy) is 1. The summed E-state index contributed by atoms with van der Waals surface area (Å²) in [6.07, 6.45) is 0.283. The van der Waals surface area contributed by atoms with Gasteiger partial charge in [-0.25, -0.2) is 4.39 Å². The normalized spacial score (nSPS) is 10.1. The summed E-state index contributed by atoms with van der Waals surface area (Å²) in [4.78, 5) is 11.1. The van der Waals surface area contributed by atoms with Crippen LogP contribution >= 0.6 is 27.5 Å². The fourth-order valence-electron chi connectivity index (χ4n) is 1.10. The van der Waals surface area contributed by atoms with Crippen molar-refractivity contribution in [1.82, 2.24) is 0 Å². The summed E-state index contributed by atoms with van der Waals surface area (Å²) in [7, 11) is 0. The van der Waals surface area contributed by atoms with Gasteiger partial charge in [0.2, 0.25) is 6.86 Å². The smallest absolute Gasteiger partial charge is 0.228 e. The van der Waals surface area contributed by atoms with Crippen LogP contribution in [0.25, 0.3) is 0 Å². The lowest BCUT2D eigenvalue weighted by molar-refractivity contribution is -0.115. The fourth-order valence-corrected chi connectivity index (χ4v) is 1.47. The minimum Gasteiger partial charge on any atom is -0.461 e. The molecular weight excluding hydrogens is 286 g/mol. The molecule has 0 spiro atoms. The average Bonchev–Trinajstić information content (AvgIpc) is 2.23. The molecule has 0 unspecified atom stereocenters. The Balaban J connectivity index is 2.82. The van der Waals surface area contributed by atoms with E-state index in [1.807, 2.05) is 0 Å². The molecule has 0 saturated heterocycles. The summed E-state index contributed by atoms with van der Waals surface area (Å²) in [6.45, 7) is -0.935. The number of ketones is 1. The van der Waals surface area contributed by atoms with Crippen molar-refractivity contribution < 1.29 is 13.9 Å². The minimum atomic E-state index is -0.935. The highest BCUT2D eigenvalue weighted by Crippen LogP contribution is 2.25. The molecule has 82 valence electrons. The van der Waals surface area contributed by atoms with Gasteiger partial charge >= 0.3 is 0 Å². The zero-order chi connectivity index (χ0) is 11.3. The van der Waals surface area contributed by atoms with Crippen LogP contribution in [0, 0.1) is 0 Å². The third kappa shape index (κ3) is 3.80. The second-order valence-corrected chi connectivity index (χ2v) is 3.84. The lowest BCUT2D eigenvalue weighted by Gasteiger charge is -2.06. The van der Waals surface area contributed by atoms with Crippen LogP contribution in [0.4, 0.5) is 4.39 Å². The van der Waals surface area contributed by atoms with Gasteiger partial charge in [0.25, 0.3) is 0 Å². The Morgan fingerprint density at radius 1 is 1.53 bits per heavy atom. The van der Waals surface area contributed by atoms with Crippen LogP contribution in [-0.4, -0.2) is 18.0 Å². The van der Waals surface area contributed by atoms with Crippen LogP contribution < -0.4 is 4.74 Å². The number of carbonyl (C=O) groups is 1. The van der Waals surface area contributed by atoms with E-state index in [1.165, 1.54) is 0 Å². The monoisotopic (exact) mass is 294 g/mol. The van der Waals surface area contributed by atoms with E-state index in [-0.39, 0.29) is 18.0 Å². The van der Waals surface area contributed by atoms with Crippen molar-refractivity contribution in [1.29, 1.82) is 0 Å². The van der Waals surface area contributed by atoms with Gasteiger partial charge in [0, 0.05) is 6.42 Å². The first-order valence-electron chi connectivity index (χ1n) is 4.22. The third-order valence-electron chi connectivity index (χ3n) is 1.76. The van der Waals surface area contributed by atoms with Gasteiger partial charge in [-0.05, 0) is 17.7 Å². The van der Waals surface area contributed by atoms with Crippen LogP contribution in [-0.2, 0) is 11.2 Å². The number of benzene rings is 1. The summed E-state index contributed by atoms with van der Waals surface area (Å²) in [6, 6.07) is 4.87. The van der Waals surface area contributed by atoms with Crippen LogP contribution in [0.2, 0.25) is 5.02 Å². The van der Waals surface area contributed by atoms with Crippen molar-refractivity contribution in [2.24, 2.45) is 0 Å². The molecule has 0 saturated carbocycles. The number of hydrogen-bond donors (Lipinski definition) is 0. The summed E-state index contributed by atoms with van der Waals surface area (Å²) in [5.41, 5.74) is 0.757. The molecule has 0 aromatic heterocycles. The first kappa shape index (κ1) is 12.5. The molecule has 0 aliphatic carbocycles.